The number of fused-ring (bicyclic) bond motifs is 1. The maximum absolute atomic E-state index is 12.0. The van der Waals surface area contributed by atoms with Crippen LogP contribution in [0, 0.1) is 0 Å². The van der Waals surface area contributed by atoms with Gasteiger partial charge in [-0.3, -0.25) is 20.4 Å². The third kappa shape index (κ3) is 6.27. The fourth-order valence-electron chi connectivity index (χ4n) is 2.75. The predicted molar refractivity (Wildman–Crippen MR) is 124 cm³/mol. The molecule has 0 bridgehead atoms. The average Bonchev–Trinajstić information content (AvgIpc) is 2.77. The molecule has 0 radical (unpaired) electrons. The van der Waals surface area contributed by atoms with E-state index in [0.29, 0.717) is 18.6 Å². The number of thiocarbonyl (C=S) groups is 1. The minimum Gasteiger partial charge on any atom is -0.483 e. The summed E-state index contributed by atoms with van der Waals surface area (Å²) < 4.78 is 6.36. The van der Waals surface area contributed by atoms with Gasteiger partial charge in [0.15, 0.2) is 11.7 Å². The smallest absolute Gasteiger partial charge is 0.276 e. The summed E-state index contributed by atoms with van der Waals surface area (Å²) >= 11 is 8.54. The van der Waals surface area contributed by atoms with Gasteiger partial charge in [-0.15, -0.1) is 0 Å². The monoisotopic (exact) mass is 485 g/mol. The van der Waals surface area contributed by atoms with Crippen molar-refractivity contribution < 1.29 is 14.3 Å². The lowest BCUT2D eigenvalue weighted by molar-refractivity contribution is -0.124. The number of rotatable bonds is 6. The van der Waals surface area contributed by atoms with E-state index in [1.54, 1.807) is 6.07 Å². The quantitative estimate of drug-likeness (QED) is 0.367. The summed E-state index contributed by atoms with van der Waals surface area (Å²) in [4.78, 5) is 24.0. The number of carbonyl (C=O) groups is 2. The average molecular weight is 486 g/mol. The number of hydrogen-bond acceptors (Lipinski definition) is 4. The van der Waals surface area contributed by atoms with Crippen LogP contribution >= 0.6 is 28.1 Å². The standard InChI is InChI=1S/C22H20BrN3O3S/c23-21-17-9-5-4-8-16(17)11-12-18(21)29-14-20(28)25-26-22(30)24-19(27)13-10-15-6-2-1-3-7-15/h1-9,11-12H,10,13-14H2,(H,25,28)(H2,24,26,27,30). The summed E-state index contributed by atoms with van der Waals surface area (Å²) in [6.45, 7) is -0.214. The zero-order valence-corrected chi connectivity index (χ0v) is 18.4. The zero-order chi connectivity index (χ0) is 21.3. The fraction of sp³-hybridized carbons (Fsp3) is 0.136. The Kier molecular flexibility index (Phi) is 7.75. The number of hydrogen-bond donors (Lipinski definition) is 3. The summed E-state index contributed by atoms with van der Waals surface area (Å²) in [5.41, 5.74) is 5.97. The first-order valence-corrected chi connectivity index (χ1v) is 10.5. The van der Waals surface area contributed by atoms with Crippen LogP contribution in [0.3, 0.4) is 0 Å². The third-order valence-electron chi connectivity index (χ3n) is 4.24. The van der Waals surface area contributed by atoms with Gasteiger partial charge in [0.2, 0.25) is 5.91 Å². The molecular weight excluding hydrogens is 466 g/mol. The van der Waals surface area contributed by atoms with Crippen molar-refractivity contribution in [2.75, 3.05) is 6.61 Å². The van der Waals surface area contributed by atoms with Crippen molar-refractivity contribution in [3.63, 3.8) is 0 Å². The van der Waals surface area contributed by atoms with Crippen LogP contribution in [0.1, 0.15) is 12.0 Å². The third-order valence-corrected chi connectivity index (χ3v) is 5.26. The predicted octanol–water partition coefficient (Wildman–Crippen LogP) is 3.64. The lowest BCUT2D eigenvalue weighted by Gasteiger charge is -2.12. The van der Waals surface area contributed by atoms with Gasteiger partial charge in [0.05, 0.1) is 4.47 Å². The van der Waals surface area contributed by atoms with E-state index in [4.69, 9.17) is 17.0 Å². The van der Waals surface area contributed by atoms with Crippen LogP contribution in [0.2, 0.25) is 0 Å². The number of nitrogens with one attached hydrogen (secondary N) is 3. The van der Waals surface area contributed by atoms with Crippen LogP contribution in [-0.2, 0) is 16.0 Å². The van der Waals surface area contributed by atoms with Gasteiger partial charge in [0, 0.05) is 6.42 Å². The summed E-state index contributed by atoms with van der Waals surface area (Å²) in [5, 5.41) is 4.61. The van der Waals surface area contributed by atoms with Crippen LogP contribution < -0.4 is 20.9 Å². The molecule has 6 nitrogen and oxygen atoms in total. The fourth-order valence-corrected chi connectivity index (χ4v) is 3.53. The molecule has 0 aromatic heterocycles. The van der Waals surface area contributed by atoms with Gasteiger partial charge < -0.3 is 10.1 Å². The van der Waals surface area contributed by atoms with Gasteiger partial charge in [-0.05, 0) is 57.0 Å². The highest BCUT2D eigenvalue weighted by molar-refractivity contribution is 9.10. The minimum absolute atomic E-state index is 0.0216. The summed E-state index contributed by atoms with van der Waals surface area (Å²) in [6, 6.07) is 21.3. The lowest BCUT2D eigenvalue weighted by atomic mass is 10.1. The van der Waals surface area contributed by atoms with E-state index in [1.165, 1.54) is 0 Å². The first kappa shape index (κ1) is 21.7. The van der Waals surface area contributed by atoms with Gasteiger partial charge in [-0.2, -0.15) is 0 Å². The lowest BCUT2D eigenvalue weighted by Crippen LogP contribution is -2.49. The highest BCUT2D eigenvalue weighted by Crippen LogP contribution is 2.32. The van der Waals surface area contributed by atoms with Crippen molar-refractivity contribution in [3.8, 4) is 5.75 Å². The Balaban J connectivity index is 1.39. The van der Waals surface area contributed by atoms with E-state index in [-0.39, 0.29) is 17.6 Å². The second-order valence-corrected chi connectivity index (χ2v) is 7.62. The number of carbonyl (C=O) groups excluding carboxylic acids is 2. The van der Waals surface area contributed by atoms with Crippen LogP contribution in [0.25, 0.3) is 10.8 Å². The van der Waals surface area contributed by atoms with Crippen LogP contribution in [-0.4, -0.2) is 23.5 Å². The first-order chi connectivity index (χ1) is 14.5. The molecular formula is C22H20BrN3O3S. The van der Waals surface area contributed by atoms with Gasteiger partial charge in [-0.1, -0.05) is 60.7 Å². The molecule has 3 N–H and O–H groups in total. The SMILES string of the molecule is O=C(COc1ccc2ccccc2c1Br)NNC(=S)NC(=O)CCc1ccccc1. The Morgan fingerprint density at radius 3 is 2.43 bits per heavy atom. The van der Waals surface area contributed by atoms with E-state index in [2.05, 4.69) is 32.1 Å². The van der Waals surface area contributed by atoms with E-state index in [9.17, 15) is 9.59 Å². The van der Waals surface area contributed by atoms with Crippen molar-refractivity contribution in [2.45, 2.75) is 12.8 Å². The number of aryl methyl sites for hydroxylation is 1. The molecule has 0 aliphatic carbocycles. The van der Waals surface area contributed by atoms with Crippen molar-refractivity contribution >= 4 is 55.8 Å². The maximum atomic E-state index is 12.0. The minimum atomic E-state index is -0.434. The summed E-state index contributed by atoms with van der Waals surface area (Å²) in [5.74, 6) is -0.112. The molecule has 8 heteroatoms. The van der Waals surface area contributed by atoms with Crippen LogP contribution in [0.5, 0.6) is 5.75 Å². The molecule has 2 amide bonds. The molecule has 0 aliphatic heterocycles. The number of hydrazine groups is 1. The Morgan fingerprint density at radius 1 is 0.900 bits per heavy atom. The molecule has 0 atom stereocenters. The van der Waals surface area contributed by atoms with Crippen LogP contribution in [0.4, 0.5) is 0 Å². The summed E-state index contributed by atoms with van der Waals surface area (Å²) in [6.07, 6.45) is 0.898. The largest absolute Gasteiger partial charge is 0.483 e. The maximum Gasteiger partial charge on any atom is 0.276 e. The van der Waals surface area contributed by atoms with Crippen molar-refractivity contribution in [3.05, 3.63) is 76.8 Å². The molecule has 30 heavy (non-hydrogen) atoms. The van der Waals surface area contributed by atoms with Crippen molar-refractivity contribution in [1.29, 1.82) is 0 Å². The van der Waals surface area contributed by atoms with Gasteiger partial charge in [0.1, 0.15) is 5.75 Å². The molecule has 0 aliphatic rings. The number of amides is 2. The van der Waals surface area contributed by atoms with Gasteiger partial charge in [0.25, 0.3) is 5.91 Å². The number of halogens is 1. The highest BCUT2D eigenvalue weighted by Gasteiger charge is 2.10. The molecule has 0 unspecified atom stereocenters. The molecule has 0 fully saturated rings. The molecule has 3 aromatic rings. The Bertz CT molecular complexity index is 1060. The highest BCUT2D eigenvalue weighted by atomic mass is 79.9. The normalized spacial score (nSPS) is 10.3. The topological polar surface area (TPSA) is 79.5 Å². The number of benzene rings is 3. The Hall–Kier alpha value is -2.97. The van der Waals surface area contributed by atoms with Gasteiger partial charge in [-0.25, -0.2) is 0 Å². The van der Waals surface area contributed by atoms with E-state index in [0.717, 1.165) is 20.8 Å². The van der Waals surface area contributed by atoms with E-state index in [1.807, 2.05) is 60.7 Å². The van der Waals surface area contributed by atoms with E-state index < -0.39 is 5.91 Å². The molecule has 0 saturated heterocycles. The van der Waals surface area contributed by atoms with Crippen molar-refractivity contribution in [1.82, 2.24) is 16.2 Å². The Morgan fingerprint density at radius 2 is 1.63 bits per heavy atom. The van der Waals surface area contributed by atoms with Crippen molar-refractivity contribution in [2.24, 2.45) is 0 Å². The second kappa shape index (κ2) is 10.7. The molecule has 154 valence electrons. The summed E-state index contributed by atoms with van der Waals surface area (Å²) in [7, 11) is 0. The molecule has 0 heterocycles. The second-order valence-electron chi connectivity index (χ2n) is 6.42. The molecule has 3 rings (SSSR count). The van der Waals surface area contributed by atoms with Crippen LogP contribution in [0.15, 0.2) is 71.2 Å². The zero-order valence-electron chi connectivity index (χ0n) is 16.0. The molecule has 0 saturated carbocycles. The first-order valence-electron chi connectivity index (χ1n) is 9.25. The molecule has 3 aromatic carbocycles. The molecule has 0 spiro atoms. The van der Waals surface area contributed by atoms with Gasteiger partial charge >= 0.3 is 0 Å². The number of ether oxygens (including phenoxy) is 1. The van der Waals surface area contributed by atoms with E-state index >= 15 is 0 Å². The Labute approximate surface area is 188 Å².